The number of nitrogens with two attached hydrogens (primary N) is 1. The fourth-order valence-electron chi connectivity index (χ4n) is 1.69. The molecule has 0 atom stereocenters. The Bertz CT molecular complexity index is 330. The molecular formula is C10H11F2NO. The number of halogens is 2. The van der Waals surface area contributed by atoms with E-state index >= 15 is 0 Å². The highest BCUT2D eigenvalue weighted by atomic mass is 19.1. The normalized spacial score (nSPS) is 18.2. The molecule has 4 heteroatoms. The topological polar surface area (TPSA) is 35.2 Å². The Morgan fingerprint density at radius 3 is 2.21 bits per heavy atom. The minimum atomic E-state index is -0.553. The Labute approximate surface area is 80.6 Å². The van der Waals surface area contributed by atoms with Crippen molar-refractivity contribution in [1.82, 2.24) is 0 Å². The summed E-state index contributed by atoms with van der Waals surface area (Å²) < 4.78 is 25.8. The largest absolute Gasteiger partial charge is 0.304 e. The standard InChI is InChI=1S/C10H11F2NO/c11-8-3-7(4-9(12)5-8)10(1-2-10)6-14-13/h3-5H,1-2,6,13H2. The lowest BCUT2D eigenvalue weighted by molar-refractivity contribution is 0.116. The van der Waals surface area contributed by atoms with Crippen LogP contribution < -0.4 is 5.90 Å². The molecule has 0 saturated heterocycles. The quantitative estimate of drug-likeness (QED) is 0.754. The lowest BCUT2D eigenvalue weighted by atomic mass is 9.97. The number of hydrogen-bond donors (Lipinski definition) is 1. The molecule has 0 radical (unpaired) electrons. The van der Waals surface area contributed by atoms with Crippen LogP contribution >= 0.6 is 0 Å². The second kappa shape index (κ2) is 3.29. The van der Waals surface area contributed by atoms with Gasteiger partial charge in [-0.3, -0.25) is 0 Å². The van der Waals surface area contributed by atoms with Crippen LogP contribution in [0.4, 0.5) is 8.78 Å². The van der Waals surface area contributed by atoms with Gasteiger partial charge in [-0.15, -0.1) is 0 Å². The lowest BCUT2D eigenvalue weighted by Crippen LogP contribution is -2.18. The highest BCUT2D eigenvalue weighted by molar-refractivity contribution is 5.32. The fourth-order valence-corrected chi connectivity index (χ4v) is 1.69. The molecule has 0 aliphatic heterocycles. The molecule has 2 N–H and O–H groups in total. The van der Waals surface area contributed by atoms with Crippen molar-refractivity contribution in [2.45, 2.75) is 18.3 Å². The molecule has 1 aromatic rings. The molecule has 1 saturated carbocycles. The van der Waals surface area contributed by atoms with Crippen molar-refractivity contribution in [3.05, 3.63) is 35.4 Å². The van der Waals surface area contributed by atoms with E-state index in [0.717, 1.165) is 18.9 Å². The van der Waals surface area contributed by atoms with Crippen LogP contribution in [0.3, 0.4) is 0 Å². The van der Waals surface area contributed by atoms with E-state index in [-0.39, 0.29) is 5.41 Å². The van der Waals surface area contributed by atoms with E-state index in [9.17, 15) is 8.78 Å². The molecule has 1 fully saturated rings. The van der Waals surface area contributed by atoms with Crippen molar-refractivity contribution in [2.24, 2.45) is 5.90 Å². The minimum Gasteiger partial charge on any atom is -0.304 e. The Hall–Kier alpha value is -1.00. The van der Waals surface area contributed by atoms with Crippen LogP contribution in [0.15, 0.2) is 18.2 Å². The molecule has 0 spiro atoms. The Kier molecular flexibility index (Phi) is 2.25. The summed E-state index contributed by atoms with van der Waals surface area (Å²) in [4.78, 5) is 4.56. The molecule has 1 aliphatic carbocycles. The molecule has 0 heterocycles. The second-order valence-electron chi connectivity index (χ2n) is 3.75. The Balaban J connectivity index is 2.32. The van der Waals surface area contributed by atoms with Gasteiger partial charge in [-0.1, -0.05) is 0 Å². The van der Waals surface area contributed by atoms with Gasteiger partial charge in [-0.25, -0.2) is 14.7 Å². The molecule has 1 aliphatic rings. The van der Waals surface area contributed by atoms with Crippen LogP contribution in [0.1, 0.15) is 18.4 Å². The lowest BCUT2D eigenvalue weighted by Gasteiger charge is -2.13. The summed E-state index contributed by atoms with van der Waals surface area (Å²) in [5.74, 6) is 3.88. The zero-order valence-electron chi connectivity index (χ0n) is 7.59. The third-order valence-corrected chi connectivity index (χ3v) is 2.69. The van der Waals surface area contributed by atoms with Gasteiger partial charge < -0.3 is 4.84 Å². The van der Waals surface area contributed by atoms with E-state index in [0.29, 0.717) is 12.2 Å². The summed E-state index contributed by atoms with van der Waals surface area (Å²) >= 11 is 0. The fraction of sp³-hybridized carbons (Fsp3) is 0.400. The van der Waals surface area contributed by atoms with Crippen molar-refractivity contribution in [3.63, 3.8) is 0 Å². The van der Waals surface area contributed by atoms with Crippen molar-refractivity contribution in [1.29, 1.82) is 0 Å². The smallest absolute Gasteiger partial charge is 0.126 e. The van der Waals surface area contributed by atoms with Gasteiger partial charge in [0.2, 0.25) is 0 Å². The van der Waals surface area contributed by atoms with Crippen LogP contribution in [0.25, 0.3) is 0 Å². The van der Waals surface area contributed by atoms with Crippen molar-refractivity contribution >= 4 is 0 Å². The average Bonchev–Trinajstić information content (AvgIpc) is 2.84. The van der Waals surface area contributed by atoms with Crippen LogP contribution in [-0.4, -0.2) is 6.61 Å². The second-order valence-corrected chi connectivity index (χ2v) is 3.75. The predicted molar refractivity (Wildman–Crippen MR) is 47.4 cm³/mol. The zero-order valence-corrected chi connectivity index (χ0v) is 7.59. The molecule has 2 nitrogen and oxygen atoms in total. The van der Waals surface area contributed by atoms with E-state index in [1.807, 2.05) is 0 Å². The molecule has 0 amide bonds. The molecule has 1 aromatic carbocycles. The molecule has 0 bridgehead atoms. The van der Waals surface area contributed by atoms with Crippen LogP contribution in [0.5, 0.6) is 0 Å². The maximum absolute atomic E-state index is 12.9. The van der Waals surface area contributed by atoms with E-state index < -0.39 is 11.6 Å². The number of benzene rings is 1. The first-order valence-corrected chi connectivity index (χ1v) is 4.45. The Morgan fingerprint density at radius 1 is 1.21 bits per heavy atom. The molecular weight excluding hydrogens is 188 g/mol. The van der Waals surface area contributed by atoms with Gasteiger partial charge >= 0.3 is 0 Å². The van der Waals surface area contributed by atoms with Gasteiger partial charge in [-0.05, 0) is 30.5 Å². The highest BCUT2D eigenvalue weighted by Crippen LogP contribution is 2.48. The van der Waals surface area contributed by atoms with Crippen molar-refractivity contribution in [2.75, 3.05) is 6.61 Å². The van der Waals surface area contributed by atoms with Gasteiger partial charge in [0.15, 0.2) is 0 Å². The summed E-state index contributed by atoms with van der Waals surface area (Å²) in [5.41, 5.74) is 0.387. The number of hydrogen-bond acceptors (Lipinski definition) is 2. The molecule has 0 unspecified atom stereocenters. The third-order valence-electron chi connectivity index (χ3n) is 2.69. The number of rotatable bonds is 3. The van der Waals surface area contributed by atoms with Gasteiger partial charge in [0.25, 0.3) is 0 Å². The van der Waals surface area contributed by atoms with E-state index in [1.54, 1.807) is 0 Å². The average molecular weight is 199 g/mol. The van der Waals surface area contributed by atoms with Crippen molar-refractivity contribution < 1.29 is 13.6 Å². The van der Waals surface area contributed by atoms with Crippen LogP contribution in [0.2, 0.25) is 0 Å². The first-order valence-electron chi connectivity index (χ1n) is 4.45. The van der Waals surface area contributed by atoms with Crippen LogP contribution in [0, 0.1) is 11.6 Å². The molecule has 14 heavy (non-hydrogen) atoms. The SMILES string of the molecule is NOCC1(c2cc(F)cc(F)c2)CC1. The van der Waals surface area contributed by atoms with Gasteiger partial charge in [0.1, 0.15) is 11.6 Å². The summed E-state index contributed by atoms with van der Waals surface area (Å²) in [6.45, 7) is 0.315. The predicted octanol–water partition coefficient (Wildman–Crippen LogP) is 1.89. The molecule has 76 valence electrons. The van der Waals surface area contributed by atoms with Crippen LogP contribution in [-0.2, 0) is 10.3 Å². The maximum atomic E-state index is 12.9. The first kappa shape index (κ1) is 9.55. The minimum absolute atomic E-state index is 0.252. The first-order chi connectivity index (χ1) is 6.66. The van der Waals surface area contributed by atoms with Gasteiger partial charge in [0.05, 0.1) is 6.61 Å². The zero-order chi connectivity index (χ0) is 10.2. The van der Waals surface area contributed by atoms with E-state index in [2.05, 4.69) is 4.84 Å². The van der Waals surface area contributed by atoms with Gasteiger partial charge in [-0.2, -0.15) is 0 Å². The molecule has 0 aromatic heterocycles. The maximum Gasteiger partial charge on any atom is 0.126 e. The monoisotopic (exact) mass is 199 g/mol. The summed E-state index contributed by atoms with van der Waals surface area (Å²) in [6, 6.07) is 3.55. The summed E-state index contributed by atoms with van der Waals surface area (Å²) in [6.07, 6.45) is 1.74. The Morgan fingerprint density at radius 2 is 1.79 bits per heavy atom. The van der Waals surface area contributed by atoms with Gasteiger partial charge in [0, 0.05) is 11.5 Å². The van der Waals surface area contributed by atoms with E-state index in [1.165, 1.54) is 12.1 Å². The third kappa shape index (κ3) is 1.63. The molecule has 2 rings (SSSR count). The summed E-state index contributed by atoms with van der Waals surface area (Å²) in [5, 5.41) is 0. The van der Waals surface area contributed by atoms with Crippen molar-refractivity contribution in [3.8, 4) is 0 Å². The highest BCUT2D eigenvalue weighted by Gasteiger charge is 2.45. The van der Waals surface area contributed by atoms with E-state index in [4.69, 9.17) is 5.90 Å². The summed E-state index contributed by atoms with van der Waals surface area (Å²) in [7, 11) is 0.